The molecule has 0 aliphatic carbocycles. The van der Waals surface area contributed by atoms with E-state index in [1.807, 2.05) is 12.1 Å². The van der Waals surface area contributed by atoms with E-state index >= 15 is 0 Å². The molecule has 1 N–H and O–H groups in total. The Hall–Kier alpha value is -1.51. The highest BCUT2D eigenvalue weighted by Crippen LogP contribution is 2.22. The zero-order valence-corrected chi connectivity index (χ0v) is 12.4. The first-order chi connectivity index (χ1) is 9.72. The molecule has 1 aliphatic rings. The van der Waals surface area contributed by atoms with Gasteiger partial charge in [0, 0.05) is 36.9 Å². The Morgan fingerprint density at radius 3 is 2.70 bits per heavy atom. The molecular formula is C17H19ClN2. The van der Waals surface area contributed by atoms with Crippen LogP contribution in [0, 0.1) is 0 Å². The third-order valence-electron chi connectivity index (χ3n) is 3.87. The lowest BCUT2D eigenvalue weighted by molar-refractivity contribution is 0.521. The van der Waals surface area contributed by atoms with Crippen LogP contribution in [0.3, 0.4) is 0 Å². The van der Waals surface area contributed by atoms with Crippen LogP contribution in [0.15, 0.2) is 48.5 Å². The molecule has 2 aromatic rings. The van der Waals surface area contributed by atoms with E-state index in [1.54, 1.807) is 0 Å². The van der Waals surface area contributed by atoms with Crippen LogP contribution < -0.4 is 10.2 Å². The molecule has 0 radical (unpaired) electrons. The highest BCUT2D eigenvalue weighted by Gasteiger charge is 2.18. The van der Waals surface area contributed by atoms with Crippen LogP contribution in [0.4, 0.5) is 5.69 Å². The second-order valence-electron chi connectivity index (χ2n) is 5.42. The summed E-state index contributed by atoms with van der Waals surface area (Å²) in [7, 11) is 2.17. The molecule has 0 saturated heterocycles. The van der Waals surface area contributed by atoms with E-state index in [9.17, 15) is 0 Å². The molecular weight excluding hydrogens is 268 g/mol. The van der Waals surface area contributed by atoms with Crippen LogP contribution in [-0.4, -0.2) is 19.6 Å². The summed E-state index contributed by atoms with van der Waals surface area (Å²) in [4.78, 5) is 2.34. The van der Waals surface area contributed by atoms with Crippen LogP contribution in [0.1, 0.15) is 11.1 Å². The molecule has 1 heterocycles. The van der Waals surface area contributed by atoms with Crippen molar-refractivity contribution in [2.24, 2.45) is 0 Å². The number of benzene rings is 2. The summed E-state index contributed by atoms with van der Waals surface area (Å²) < 4.78 is 0. The van der Waals surface area contributed by atoms with E-state index in [0.717, 1.165) is 24.5 Å². The number of nitrogens with zero attached hydrogens (tertiary/aromatic N) is 1. The number of para-hydroxylation sites is 1. The number of hydrogen-bond acceptors (Lipinski definition) is 2. The molecule has 3 rings (SSSR count). The minimum Gasteiger partial charge on any atom is -0.373 e. The maximum absolute atomic E-state index is 5.94. The Morgan fingerprint density at radius 1 is 1.15 bits per heavy atom. The van der Waals surface area contributed by atoms with Crippen molar-refractivity contribution >= 4 is 17.3 Å². The molecule has 0 aromatic heterocycles. The molecule has 3 heteroatoms. The average molecular weight is 287 g/mol. The van der Waals surface area contributed by atoms with Gasteiger partial charge in [0.25, 0.3) is 0 Å². The second kappa shape index (κ2) is 5.86. The van der Waals surface area contributed by atoms with Gasteiger partial charge < -0.3 is 10.2 Å². The number of hydrogen-bond donors (Lipinski definition) is 1. The predicted octanol–water partition coefficient (Wildman–Crippen LogP) is 3.49. The Labute approximate surface area is 125 Å². The molecule has 2 nitrogen and oxygen atoms in total. The summed E-state index contributed by atoms with van der Waals surface area (Å²) in [6.07, 6.45) is 1.02. The first-order valence-electron chi connectivity index (χ1n) is 6.99. The molecule has 0 bridgehead atoms. The van der Waals surface area contributed by atoms with E-state index in [1.165, 1.54) is 16.8 Å². The maximum Gasteiger partial charge on any atom is 0.0409 e. The molecule has 20 heavy (non-hydrogen) atoms. The van der Waals surface area contributed by atoms with E-state index in [-0.39, 0.29) is 0 Å². The van der Waals surface area contributed by atoms with Crippen molar-refractivity contribution in [1.29, 1.82) is 0 Å². The van der Waals surface area contributed by atoms with Crippen molar-refractivity contribution < 1.29 is 0 Å². The third kappa shape index (κ3) is 2.97. The van der Waals surface area contributed by atoms with Crippen molar-refractivity contribution in [2.75, 3.05) is 18.5 Å². The van der Waals surface area contributed by atoms with E-state index < -0.39 is 0 Å². The number of rotatable bonds is 2. The van der Waals surface area contributed by atoms with Gasteiger partial charge in [0.15, 0.2) is 0 Å². The fourth-order valence-electron chi connectivity index (χ4n) is 2.82. The Kier molecular flexibility index (Phi) is 3.95. The summed E-state index contributed by atoms with van der Waals surface area (Å²) in [6.45, 7) is 1.94. The first kappa shape index (κ1) is 13.5. The van der Waals surface area contributed by atoms with E-state index in [0.29, 0.717) is 6.04 Å². The zero-order valence-electron chi connectivity index (χ0n) is 11.6. The molecule has 104 valence electrons. The fourth-order valence-corrected chi connectivity index (χ4v) is 2.95. The van der Waals surface area contributed by atoms with Gasteiger partial charge >= 0.3 is 0 Å². The summed E-state index contributed by atoms with van der Waals surface area (Å²) in [5.74, 6) is 0. The summed E-state index contributed by atoms with van der Waals surface area (Å²) in [5.41, 5.74) is 4.03. The van der Waals surface area contributed by atoms with Crippen molar-refractivity contribution in [3.63, 3.8) is 0 Å². The monoisotopic (exact) mass is 286 g/mol. The number of nitrogens with one attached hydrogen (secondary N) is 1. The lowest BCUT2D eigenvalue weighted by Crippen LogP contribution is -2.38. The number of halogens is 1. The third-order valence-corrected chi connectivity index (χ3v) is 4.13. The normalized spacial score (nSPS) is 18.5. The lowest BCUT2D eigenvalue weighted by atomic mass is 10.1. The van der Waals surface area contributed by atoms with Crippen LogP contribution in [-0.2, 0) is 13.0 Å². The number of fused-ring (bicyclic) bond motifs is 1. The van der Waals surface area contributed by atoms with E-state index in [2.05, 4.69) is 53.7 Å². The Bertz CT molecular complexity index is 580. The summed E-state index contributed by atoms with van der Waals surface area (Å²) in [6, 6.07) is 17.2. The van der Waals surface area contributed by atoms with Crippen molar-refractivity contribution in [2.45, 2.75) is 19.0 Å². The predicted molar refractivity (Wildman–Crippen MR) is 85.5 cm³/mol. The van der Waals surface area contributed by atoms with Gasteiger partial charge in [-0.25, -0.2) is 0 Å². The minimum absolute atomic E-state index is 0.452. The smallest absolute Gasteiger partial charge is 0.0409 e. The van der Waals surface area contributed by atoms with Crippen molar-refractivity contribution in [3.05, 3.63) is 64.7 Å². The Morgan fingerprint density at radius 2 is 1.90 bits per heavy atom. The molecule has 0 unspecified atom stereocenters. The van der Waals surface area contributed by atoms with Gasteiger partial charge in [-0.15, -0.1) is 0 Å². The molecule has 0 amide bonds. The minimum atomic E-state index is 0.452. The quantitative estimate of drug-likeness (QED) is 0.909. The van der Waals surface area contributed by atoms with E-state index in [4.69, 9.17) is 11.6 Å². The SMILES string of the molecule is CN1C[C@H](Cc2ccc(Cl)cc2)NCc2ccccc21. The van der Waals surface area contributed by atoms with Crippen molar-refractivity contribution in [1.82, 2.24) is 5.32 Å². The standard InChI is InChI=1S/C17H19ClN2/c1-20-12-16(10-13-6-8-15(18)9-7-13)19-11-14-4-2-3-5-17(14)20/h2-9,16,19H,10-12H2,1H3/t16-/m0/s1. The molecule has 0 fully saturated rings. The molecule has 1 atom stereocenters. The number of anilines is 1. The molecule has 2 aromatic carbocycles. The van der Waals surface area contributed by atoms with Gasteiger partial charge in [0.05, 0.1) is 0 Å². The van der Waals surface area contributed by atoms with Gasteiger partial charge in [0.2, 0.25) is 0 Å². The van der Waals surface area contributed by atoms with Gasteiger partial charge in [-0.05, 0) is 35.7 Å². The van der Waals surface area contributed by atoms with Gasteiger partial charge in [-0.3, -0.25) is 0 Å². The summed E-state index contributed by atoms with van der Waals surface area (Å²) in [5, 5.41) is 4.45. The summed E-state index contributed by atoms with van der Waals surface area (Å²) >= 11 is 5.94. The second-order valence-corrected chi connectivity index (χ2v) is 5.85. The lowest BCUT2D eigenvalue weighted by Gasteiger charge is -2.23. The first-order valence-corrected chi connectivity index (χ1v) is 7.37. The van der Waals surface area contributed by atoms with Gasteiger partial charge in [0.1, 0.15) is 0 Å². The molecule has 1 aliphatic heterocycles. The highest BCUT2D eigenvalue weighted by molar-refractivity contribution is 6.30. The van der Waals surface area contributed by atoms with Gasteiger partial charge in [-0.2, -0.15) is 0 Å². The molecule has 0 saturated carbocycles. The Balaban J connectivity index is 1.73. The fraction of sp³-hybridized carbons (Fsp3) is 0.294. The average Bonchev–Trinajstić information content (AvgIpc) is 2.62. The van der Waals surface area contributed by atoms with Crippen molar-refractivity contribution in [3.8, 4) is 0 Å². The zero-order chi connectivity index (χ0) is 13.9. The highest BCUT2D eigenvalue weighted by atomic mass is 35.5. The largest absolute Gasteiger partial charge is 0.373 e. The van der Waals surface area contributed by atoms with Crippen LogP contribution in [0.5, 0.6) is 0 Å². The molecule has 0 spiro atoms. The topological polar surface area (TPSA) is 15.3 Å². The number of likely N-dealkylation sites (N-methyl/N-ethyl adjacent to an activating group) is 1. The van der Waals surface area contributed by atoms with Crippen LogP contribution in [0.2, 0.25) is 5.02 Å². The van der Waals surface area contributed by atoms with Crippen LogP contribution >= 0.6 is 11.6 Å². The van der Waals surface area contributed by atoms with Crippen LogP contribution in [0.25, 0.3) is 0 Å². The maximum atomic E-state index is 5.94. The van der Waals surface area contributed by atoms with Gasteiger partial charge in [-0.1, -0.05) is 41.9 Å².